The van der Waals surface area contributed by atoms with Gasteiger partial charge in [-0.2, -0.15) is 0 Å². The van der Waals surface area contributed by atoms with Crippen LogP contribution in [0, 0.1) is 0 Å². The summed E-state index contributed by atoms with van der Waals surface area (Å²) in [6.45, 7) is 0. The lowest BCUT2D eigenvalue weighted by atomic mass is 10.1. The molecule has 4 rings (SSSR count). The number of pyridine rings is 1. The monoisotopic (exact) mass is 271 g/mol. The highest BCUT2D eigenvalue weighted by Gasteiger charge is 2.08. The molecule has 0 fully saturated rings. The van der Waals surface area contributed by atoms with E-state index in [0.29, 0.717) is 5.71 Å². The van der Waals surface area contributed by atoms with Gasteiger partial charge in [-0.1, -0.05) is 60.7 Å². The standard InChI is InChI=1S/C19H13NO/c1-3-7-14(8-4-1)17-12-11-16-13-18(21-19(16)20-17)15-9-5-2-6-10-15/h1-13H. The van der Waals surface area contributed by atoms with Gasteiger partial charge in [0.25, 0.3) is 0 Å². The molecular formula is C19H13NO. The van der Waals surface area contributed by atoms with E-state index in [-0.39, 0.29) is 0 Å². The highest BCUT2D eigenvalue weighted by molar-refractivity contribution is 5.82. The number of rotatable bonds is 2. The minimum Gasteiger partial charge on any atom is -0.438 e. The maximum atomic E-state index is 5.91. The van der Waals surface area contributed by atoms with Crippen molar-refractivity contribution in [3.05, 3.63) is 78.9 Å². The van der Waals surface area contributed by atoms with Crippen molar-refractivity contribution in [3.63, 3.8) is 0 Å². The smallest absolute Gasteiger partial charge is 0.227 e. The Balaban J connectivity index is 1.82. The van der Waals surface area contributed by atoms with E-state index in [1.165, 1.54) is 0 Å². The van der Waals surface area contributed by atoms with Crippen LogP contribution in [0.2, 0.25) is 0 Å². The molecule has 21 heavy (non-hydrogen) atoms. The first-order valence-electron chi connectivity index (χ1n) is 6.91. The number of nitrogens with zero attached hydrogens (tertiary/aromatic N) is 1. The predicted molar refractivity (Wildman–Crippen MR) is 84.9 cm³/mol. The second kappa shape index (κ2) is 4.91. The third-order valence-corrected chi connectivity index (χ3v) is 3.51. The lowest BCUT2D eigenvalue weighted by Gasteiger charge is -1.99. The SMILES string of the molecule is c1ccc(-c2ccc3cc(-c4ccccc4)oc3n2)cc1. The van der Waals surface area contributed by atoms with Gasteiger partial charge in [0.2, 0.25) is 5.71 Å². The average Bonchev–Trinajstić information content (AvgIpc) is 2.99. The second-order valence-corrected chi connectivity index (χ2v) is 4.93. The molecule has 0 aliphatic carbocycles. The van der Waals surface area contributed by atoms with Crippen LogP contribution in [0.3, 0.4) is 0 Å². The van der Waals surface area contributed by atoms with Crippen molar-refractivity contribution in [1.82, 2.24) is 4.98 Å². The van der Waals surface area contributed by atoms with E-state index >= 15 is 0 Å². The average molecular weight is 271 g/mol. The van der Waals surface area contributed by atoms with E-state index in [9.17, 15) is 0 Å². The molecule has 0 radical (unpaired) electrons. The molecule has 2 aromatic carbocycles. The van der Waals surface area contributed by atoms with E-state index in [4.69, 9.17) is 4.42 Å². The fourth-order valence-electron chi connectivity index (χ4n) is 2.43. The minimum atomic E-state index is 0.676. The van der Waals surface area contributed by atoms with E-state index in [1.807, 2.05) is 60.7 Å². The van der Waals surface area contributed by atoms with Gasteiger partial charge in [0.05, 0.1) is 5.69 Å². The van der Waals surface area contributed by atoms with Crippen LogP contribution in [0.25, 0.3) is 33.7 Å². The largest absolute Gasteiger partial charge is 0.438 e. The van der Waals surface area contributed by atoms with Gasteiger partial charge < -0.3 is 4.42 Å². The zero-order chi connectivity index (χ0) is 14.1. The van der Waals surface area contributed by atoms with Gasteiger partial charge in [-0.05, 0) is 18.2 Å². The van der Waals surface area contributed by atoms with Crippen molar-refractivity contribution in [2.75, 3.05) is 0 Å². The fourth-order valence-corrected chi connectivity index (χ4v) is 2.43. The number of benzene rings is 2. The molecule has 100 valence electrons. The Morgan fingerprint density at radius 2 is 1.33 bits per heavy atom. The van der Waals surface area contributed by atoms with Crippen LogP contribution < -0.4 is 0 Å². The molecule has 0 bridgehead atoms. The molecule has 0 unspecified atom stereocenters. The quantitative estimate of drug-likeness (QED) is 0.503. The molecule has 0 aliphatic heterocycles. The zero-order valence-electron chi connectivity index (χ0n) is 11.4. The van der Waals surface area contributed by atoms with Gasteiger partial charge in [-0.25, -0.2) is 4.98 Å². The molecule has 0 N–H and O–H groups in total. The van der Waals surface area contributed by atoms with Crippen LogP contribution in [0.15, 0.2) is 83.3 Å². The Morgan fingerprint density at radius 1 is 0.667 bits per heavy atom. The van der Waals surface area contributed by atoms with Crippen molar-refractivity contribution >= 4 is 11.1 Å². The van der Waals surface area contributed by atoms with Crippen LogP contribution in [0.5, 0.6) is 0 Å². The van der Waals surface area contributed by atoms with Gasteiger partial charge in [0, 0.05) is 16.5 Å². The normalized spacial score (nSPS) is 10.9. The van der Waals surface area contributed by atoms with Crippen LogP contribution in [0.1, 0.15) is 0 Å². The lowest BCUT2D eigenvalue weighted by molar-refractivity contribution is 0.619. The summed E-state index contributed by atoms with van der Waals surface area (Å²) in [6, 6.07) is 26.3. The summed E-state index contributed by atoms with van der Waals surface area (Å²) in [5, 5.41) is 1.02. The molecule has 0 amide bonds. The molecule has 4 aromatic rings. The Hall–Kier alpha value is -2.87. The summed E-state index contributed by atoms with van der Waals surface area (Å²) in [4.78, 5) is 4.62. The number of hydrogen-bond donors (Lipinski definition) is 0. The van der Waals surface area contributed by atoms with Gasteiger partial charge in [0.15, 0.2) is 0 Å². The van der Waals surface area contributed by atoms with Crippen molar-refractivity contribution in [2.24, 2.45) is 0 Å². The van der Waals surface area contributed by atoms with Crippen molar-refractivity contribution in [3.8, 4) is 22.6 Å². The first-order chi connectivity index (χ1) is 10.4. The van der Waals surface area contributed by atoms with Crippen LogP contribution >= 0.6 is 0 Å². The summed E-state index contributed by atoms with van der Waals surface area (Å²) in [7, 11) is 0. The highest BCUT2D eigenvalue weighted by atomic mass is 16.3. The summed E-state index contributed by atoms with van der Waals surface area (Å²) in [5.74, 6) is 0.850. The Morgan fingerprint density at radius 3 is 2.05 bits per heavy atom. The van der Waals surface area contributed by atoms with E-state index in [2.05, 4.69) is 23.2 Å². The third-order valence-electron chi connectivity index (χ3n) is 3.51. The lowest BCUT2D eigenvalue weighted by Crippen LogP contribution is -1.81. The molecule has 0 saturated heterocycles. The third kappa shape index (κ3) is 2.21. The molecule has 2 heterocycles. The van der Waals surface area contributed by atoms with E-state index in [1.54, 1.807) is 0 Å². The zero-order valence-corrected chi connectivity index (χ0v) is 11.4. The molecule has 2 nitrogen and oxygen atoms in total. The maximum Gasteiger partial charge on any atom is 0.227 e. The Bertz CT molecular complexity index is 842. The fraction of sp³-hybridized carbons (Fsp3) is 0. The maximum absolute atomic E-state index is 5.91. The molecule has 0 spiro atoms. The van der Waals surface area contributed by atoms with Gasteiger partial charge in [-0.3, -0.25) is 0 Å². The number of hydrogen-bond acceptors (Lipinski definition) is 2. The first-order valence-corrected chi connectivity index (χ1v) is 6.91. The van der Waals surface area contributed by atoms with Crippen molar-refractivity contribution < 1.29 is 4.42 Å². The van der Waals surface area contributed by atoms with E-state index < -0.39 is 0 Å². The second-order valence-electron chi connectivity index (χ2n) is 4.93. The van der Waals surface area contributed by atoms with Gasteiger partial charge in [-0.15, -0.1) is 0 Å². The van der Waals surface area contributed by atoms with Crippen LogP contribution in [-0.4, -0.2) is 4.98 Å². The molecule has 2 heteroatoms. The predicted octanol–water partition coefficient (Wildman–Crippen LogP) is 5.16. The summed E-state index contributed by atoms with van der Waals surface area (Å²) < 4.78 is 5.91. The van der Waals surface area contributed by atoms with Gasteiger partial charge in [0.1, 0.15) is 5.76 Å². The topological polar surface area (TPSA) is 26.0 Å². The van der Waals surface area contributed by atoms with Crippen molar-refractivity contribution in [1.29, 1.82) is 0 Å². The molecular weight excluding hydrogens is 258 g/mol. The highest BCUT2D eigenvalue weighted by Crippen LogP contribution is 2.28. The summed E-state index contributed by atoms with van der Waals surface area (Å²) >= 11 is 0. The van der Waals surface area contributed by atoms with Crippen LogP contribution in [-0.2, 0) is 0 Å². The Kier molecular flexibility index (Phi) is 2.79. The summed E-state index contributed by atoms with van der Waals surface area (Å²) in [5.41, 5.74) is 3.76. The molecule has 2 aromatic heterocycles. The molecule has 0 saturated carbocycles. The van der Waals surface area contributed by atoms with Crippen LogP contribution in [0.4, 0.5) is 0 Å². The first kappa shape index (κ1) is 11.9. The molecule has 0 aliphatic rings. The van der Waals surface area contributed by atoms with Gasteiger partial charge >= 0.3 is 0 Å². The minimum absolute atomic E-state index is 0.676. The number of aromatic nitrogens is 1. The summed E-state index contributed by atoms with van der Waals surface area (Å²) in [6.07, 6.45) is 0. The Labute approximate surface area is 122 Å². The molecule has 0 atom stereocenters. The van der Waals surface area contributed by atoms with Crippen molar-refractivity contribution in [2.45, 2.75) is 0 Å². The number of fused-ring (bicyclic) bond motifs is 1. The van der Waals surface area contributed by atoms with E-state index in [0.717, 1.165) is 28.0 Å². The number of furan rings is 1.